The van der Waals surface area contributed by atoms with E-state index in [-0.39, 0.29) is 23.2 Å². The van der Waals surface area contributed by atoms with Gasteiger partial charge in [0.2, 0.25) is 0 Å². The molecule has 3 aromatic rings. The Balaban J connectivity index is 1.62. The molecule has 0 radical (unpaired) electrons. The number of hydrogen-bond donors (Lipinski definition) is 1. The number of benzene rings is 2. The third-order valence-corrected chi connectivity index (χ3v) is 5.82. The quantitative estimate of drug-likeness (QED) is 0.390. The Bertz CT molecular complexity index is 1070. The van der Waals surface area contributed by atoms with Crippen molar-refractivity contribution in [1.29, 1.82) is 0 Å². The van der Waals surface area contributed by atoms with Crippen molar-refractivity contribution in [2.75, 3.05) is 10.2 Å². The van der Waals surface area contributed by atoms with Crippen LogP contribution in [0.3, 0.4) is 0 Å². The monoisotopic (exact) mass is 430 g/mol. The summed E-state index contributed by atoms with van der Waals surface area (Å²) in [6, 6.07) is 19.8. The van der Waals surface area contributed by atoms with Crippen molar-refractivity contribution in [1.82, 2.24) is 4.98 Å². The Morgan fingerprint density at radius 3 is 2.47 bits per heavy atom. The predicted molar refractivity (Wildman–Crippen MR) is 125 cm³/mol. The van der Waals surface area contributed by atoms with E-state index >= 15 is 0 Å². The van der Waals surface area contributed by atoms with Gasteiger partial charge in [0, 0.05) is 30.4 Å². The Morgan fingerprint density at radius 2 is 1.78 bits per heavy atom. The number of carbonyl (C=O) groups excluding carboxylic acids is 1. The van der Waals surface area contributed by atoms with Gasteiger partial charge in [-0.15, -0.1) is 0 Å². The summed E-state index contributed by atoms with van der Waals surface area (Å²) >= 11 is 0. The van der Waals surface area contributed by atoms with Crippen molar-refractivity contribution >= 4 is 23.1 Å². The summed E-state index contributed by atoms with van der Waals surface area (Å²) in [5.41, 5.74) is 1.58. The summed E-state index contributed by atoms with van der Waals surface area (Å²) in [5, 5.41) is 14.9. The summed E-state index contributed by atoms with van der Waals surface area (Å²) in [5.74, 6) is 0.326. The predicted octanol–water partition coefficient (Wildman–Crippen LogP) is 5.58. The maximum atomic E-state index is 13.6. The van der Waals surface area contributed by atoms with Crippen molar-refractivity contribution < 1.29 is 9.72 Å². The van der Waals surface area contributed by atoms with Crippen molar-refractivity contribution in [2.45, 2.75) is 44.7 Å². The van der Waals surface area contributed by atoms with E-state index in [9.17, 15) is 14.9 Å². The highest BCUT2D eigenvalue weighted by atomic mass is 16.6. The minimum Gasteiger partial charge on any atom is -0.375 e. The zero-order valence-corrected chi connectivity index (χ0v) is 17.8. The fourth-order valence-corrected chi connectivity index (χ4v) is 4.19. The average molecular weight is 431 g/mol. The Labute approximate surface area is 187 Å². The van der Waals surface area contributed by atoms with Crippen LogP contribution in [0.1, 0.15) is 48.0 Å². The Hall–Kier alpha value is -3.74. The lowest BCUT2D eigenvalue weighted by molar-refractivity contribution is -0.384. The third-order valence-electron chi connectivity index (χ3n) is 5.82. The van der Waals surface area contributed by atoms with Crippen LogP contribution in [-0.4, -0.2) is 21.9 Å². The molecule has 0 bridgehead atoms. The lowest BCUT2D eigenvalue weighted by Crippen LogP contribution is -2.42. The molecule has 0 unspecified atom stereocenters. The van der Waals surface area contributed by atoms with Crippen LogP contribution in [-0.2, 0) is 6.54 Å². The van der Waals surface area contributed by atoms with Crippen molar-refractivity contribution in [3.05, 3.63) is 94.2 Å². The summed E-state index contributed by atoms with van der Waals surface area (Å²) in [4.78, 5) is 31.0. The molecule has 164 valence electrons. The van der Waals surface area contributed by atoms with Crippen LogP contribution >= 0.6 is 0 Å². The van der Waals surface area contributed by atoms with Crippen molar-refractivity contribution in [3.63, 3.8) is 0 Å². The van der Waals surface area contributed by atoms with E-state index in [1.807, 2.05) is 48.5 Å². The third kappa shape index (κ3) is 4.94. The minimum atomic E-state index is -0.449. The van der Waals surface area contributed by atoms with Crippen molar-refractivity contribution in [2.24, 2.45) is 0 Å². The molecule has 1 aromatic heterocycles. The molecule has 0 aliphatic heterocycles. The number of nitro groups is 1. The van der Waals surface area contributed by atoms with Crippen LogP contribution in [0.4, 0.5) is 17.2 Å². The first-order chi connectivity index (χ1) is 15.6. The number of hydrogen-bond acceptors (Lipinski definition) is 5. The number of carbonyl (C=O) groups is 1. The van der Waals surface area contributed by atoms with E-state index in [1.165, 1.54) is 6.07 Å². The summed E-state index contributed by atoms with van der Waals surface area (Å²) < 4.78 is 0. The lowest BCUT2D eigenvalue weighted by atomic mass is 9.93. The number of rotatable bonds is 7. The molecule has 1 heterocycles. The fraction of sp³-hybridized carbons (Fsp3) is 0.280. The first-order valence-electron chi connectivity index (χ1n) is 10.9. The van der Waals surface area contributed by atoms with Gasteiger partial charge >= 0.3 is 0 Å². The second-order valence-electron chi connectivity index (χ2n) is 7.98. The number of nitrogens with one attached hydrogen (secondary N) is 1. The van der Waals surface area contributed by atoms with Crippen LogP contribution < -0.4 is 10.2 Å². The van der Waals surface area contributed by atoms with E-state index < -0.39 is 4.92 Å². The van der Waals surface area contributed by atoms with Crippen LogP contribution in [0.5, 0.6) is 0 Å². The number of aromatic nitrogens is 1. The van der Waals surface area contributed by atoms with E-state index in [0.717, 1.165) is 37.7 Å². The highest BCUT2D eigenvalue weighted by molar-refractivity contribution is 6.06. The molecule has 1 aliphatic rings. The van der Waals surface area contributed by atoms with Gasteiger partial charge in [0.15, 0.2) is 0 Å². The van der Waals surface area contributed by atoms with E-state index in [4.69, 9.17) is 0 Å². The normalized spacial score (nSPS) is 14.0. The highest BCUT2D eigenvalue weighted by Crippen LogP contribution is 2.31. The van der Waals surface area contributed by atoms with Gasteiger partial charge in [-0.1, -0.05) is 55.7 Å². The molecule has 0 saturated heterocycles. The van der Waals surface area contributed by atoms with Crippen molar-refractivity contribution in [3.8, 4) is 0 Å². The van der Waals surface area contributed by atoms with Crippen LogP contribution in [0.15, 0.2) is 72.9 Å². The number of nitrogens with zero attached hydrogens (tertiary/aromatic N) is 3. The molecule has 1 N–H and O–H groups in total. The van der Waals surface area contributed by atoms with E-state index in [0.29, 0.717) is 18.1 Å². The topological polar surface area (TPSA) is 88.4 Å². The van der Waals surface area contributed by atoms with Gasteiger partial charge in [-0.05, 0) is 42.7 Å². The molecule has 1 fully saturated rings. The standard InChI is InChI=1S/C25H26N4O3/c30-25(28(21-11-5-2-6-12-21)24-13-7-8-16-26-24)20-14-15-22(23(17-20)29(31)32)27-18-19-9-3-1-4-10-19/h1,3-4,7-10,13-17,21,27H,2,5-6,11-12,18H2. The lowest BCUT2D eigenvalue weighted by Gasteiger charge is -2.33. The molecule has 4 rings (SSSR count). The van der Waals surface area contributed by atoms with Gasteiger partial charge in [-0.2, -0.15) is 0 Å². The first kappa shape index (κ1) is 21.5. The zero-order valence-electron chi connectivity index (χ0n) is 17.8. The second-order valence-corrected chi connectivity index (χ2v) is 7.98. The SMILES string of the molecule is O=C(c1ccc(NCc2ccccc2)c([N+](=O)[O-])c1)N(c1ccccn1)C1CCCCC1. The van der Waals surface area contributed by atoms with Gasteiger partial charge in [-0.3, -0.25) is 19.8 Å². The molecule has 0 atom stereocenters. The molecule has 7 nitrogen and oxygen atoms in total. The first-order valence-corrected chi connectivity index (χ1v) is 10.9. The summed E-state index contributed by atoms with van der Waals surface area (Å²) in [6.45, 7) is 0.455. The maximum Gasteiger partial charge on any atom is 0.293 e. The molecule has 32 heavy (non-hydrogen) atoms. The summed E-state index contributed by atoms with van der Waals surface area (Å²) in [6.07, 6.45) is 6.75. The van der Waals surface area contributed by atoms with Gasteiger partial charge in [0.1, 0.15) is 11.5 Å². The number of nitro benzene ring substituents is 1. The maximum absolute atomic E-state index is 13.6. The van der Waals surface area contributed by atoms with E-state index in [2.05, 4.69) is 10.3 Å². The van der Waals surface area contributed by atoms with Gasteiger partial charge in [-0.25, -0.2) is 4.98 Å². The summed E-state index contributed by atoms with van der Waals surface area (Å²) in [7, 11) is 0. The number of amides is 1. The molecule has 1 saturated carbocycles. The molecular formula is C25H26N4O3. The molecule has 7 heteroatoms. The zero-order chi connectivity index (χ0) is 22.3. The molecular weight excluding hydrogens is 404 g/mol. The van der Waals surface area contributed by atoms with Crippen LogP contribution in [0, 0.1) is 10.1 Å². The van der Waals surface area contributed by atoms with Gasteiger partial charge in [0.25, 0.3) is 11.6 Å². The largest absolute Gasteiger partial charge is 0.375 e. The second kappa shape index (κ2) is 10.0. The van der Waals surface area contributed by atoms with Crippen LogP contribution in [0.25, 0.3) is 0 Å². The number of anilines is 2. The molecule has 2 aromatic carbocycles. The van der Waals surface area contributed by atoms with Gasteiger partial charge < -0.3 is 5.32 Å². The smallest absolute Gasteiger partial charge is 0.293 e. The fourth-order valence-electron chi connectivity index (χ4n) is 4.19. The Morgan fingerprint density at radius 1 is 1.03 bits per heavy atom. The van der Waals surface area contributed by atoms with E-state index in [1.54, 1.807) is 23.2 Å². The number of pyridine rings is 1. The molecule has 1 amide bonds. The molecule has 1 aliphatic carbocycles. The average Bonchev–Trinajstić information content (AvgIpc) is 2.84. The Kier molecular flexibility index (Phi) is 6.75. The van der Waals surface area contributed by atoms with Gasteiger partial charge in [0.05, 0.1) is 4.92 Å². The molecule has 0 spiro atoms. The minimum absolute atomic E-state index is 0.0427. The van der Waals surface area contributed by atoms with Crippen LogP contribution in [0.2, 0.25) is 0 Å². The highest BCUT2D eigenvalue weighted by Gasteiger charge is 2.30.